The number of aromatic amines is 1. The van der Waals surface area contributed by atoms with E-state index in [-0.39, 0.29) is 0 Å². The maximum atomic E-state index is 5.39. The first-order valence-electron chi connectivity index (χ1n) is 5.92. The second-order valence-corrected chi connectivity index (χ2v) is 6.72. The van der Waals surface area contributed by atoms with E-state index < -0.39 is 0 Å². The lowest BCUT2D eigenvalue weighted by Gasteiger charge is -2.03. The van der Waals surface area contributed by atoms with Crippen molar-refractivity contribution in [1.29, 1.82) is 0 Å². The minimum atomic E-state index is 0.764. The predicted molar refractivity (Wildman–Crippen MR) is 85.4 cm³/mol. The first-order valence-corrected chi connectivity index (χ1v) is 8.00. The van der Waals surface area contributed by atoms with Crippen LogP contribution in [0.1, 0.15) is 10.7 Å². The van der Waals surface area contributed by atoms with E-state index in [0.29, 0.717) is 0 Å². The smallest absolute Gasteiger partial charge is 0.178 e. The fourth-order valence-electron chi connectivity index (χ4n) is 2.11. The molecule has 2 aromatic heterocycles. The van der Waals surface area contributed by atoms with Crippen LogP contribution in [0.15, 0.2) is 28.1 Å². The van der Waals surface area contributed by atoms with Gasteiger partial charge >= 0.3 is 0 Å². The standard InChI is InChI=1S/C13H12BrN3S2/c1-8-15-10(7-19-8)4-5-17-12-3-2-9(14)6-11(12)16-13(17)18/h2-3,6-7H,4-5H2,1H3,(H,16,18). The summed E-state index contributed by atoms with van der Waals surface area (Å²) < 4.78 is 3.95. The van der Waals surface area contributed by atoms with E-state index in [1.165, 1.54) is 0 Å². The molecule has 0 aliphatic heterocycles. The predicted octanol–water partition coefficient (Wildman–Crippen LogP) is 4.47. The van der Waals surface area contributed by atoms with Gasteiger partial charge in [-0.3, -0.25) is 0 Å². The van der Waals surface area contributed by atoms with Crippen LogP contribution in [-0.4, -0.2) is 14.5 Å². The summed E-state index contributed by atoms with van der Waals surface area (Å²) in [5, 5.41) is 3.23. The lowest BCUT2D eigenvalue weighted by molar-refractivity contribution is 0.697. The van der Waals surface area contributed by atoms with Gasteiger partial charge in [0.25, 0.3) is 0 Å². The summed E-state index contributed by atoms with van der Waals surface area (Å²) in [7, 11) is 0. The van der Waals surface area contributed by atoms with Crippen LogP contribution in [0.25, 0.3) is 11.0 Å². The molecule has 3 nitrogen and oxygen atoms in total. The number of rotatable bonds is 3. The summed E-state index contributed by atoms with van der Waals surface area (Å²) in [6.07, 6.45) is 0.904. The van der Waals surface area contributed by atoms with E-state index >= 15 is 0 Å². The van der Waals surface area contributed by atoms with Crippen molar-refractivity contribution in [3.8, 4) is 0 Å². The van der Waals surface area contributed by atoms with Gasteiger partial charge in [0, 0.05) is 22.8 Å². The first kappa shape index (κ1) is 13.0. The van der Waals surface area contributed by atoms with E-state index in [0.717, 1.165) is 43.9 Å². The third-order valence-electron chi connectivity index (χ3n) is 2.99. The minimum Gasteiger partial charge on any atom is -0.331 e. The summed E-state index contributed by atoms with van der Waals surface area (Å²) in [6, 6.07) is 6.17. The lowest BCUT2D eigenvalue weighted by Crippen LogP contribution is -2.01. The maximum Gasteiger partial charge on any atom is 0.178 e. The molecule has 0 bridgehead atoms. The van der Waals surface area contributed by atoms with Crippen LogP contribution in [0.5, 0.6) is 0 Å². The highest BCUT2D eigenvalue weighted by atomic mass is 79.9. The molecule has 0 aliphatic rings. The number of H-pyrrole nitrogens is 1. The molecule has 0 amide bonds. The molecule has 19 heavy (non-hydrogen) atoms. The molecular formula is C13H12BrN3S2. The van der Waals surface area contributed by atoms with Gasteiger partial charge in [-0.25, -0.2) is 4.98 Å². The van der Waals surface area contributed by atoms with Crippen LogP contribution in [0, 0.1) is 11.7 Å². The van der Waals surface area contributed by atoms with Crippen molar-refractivity contribution in [2.75, 3.05) is 0 Å². The van der Waals surface area contributed by atoms with Gasteiger partial charge in [0.15, 0.2) is 4.77 Å². The maximum absolute atomic E-state index is 5.39. The van der Waals surface area contributed by atoms with E-state index in [1.54, 1.807) is 11.3 Å². The molecule has 1 N–H and O–H groups in total. The molecule has 3 aromatic rings. The lowest BCUT2D eigenvalue weighted by atomic mass is 10.3. The zero-order valence-electron chi connectivity index (χ0n) is 10.3. The van der Waals surface area contributed by atoms with Crippen LogP contribution in [0.3, 0.4) is 0 Å². The highest BCUT2D eigenvalue weighted by Gasteiger charge is 2.06. The third-order valence-corrected chi connectivity index (χ3v) is 4.63. The summed E-state index contributed by atoms with van der Waals surface area (Å²) >= 11 is 10.6. The Morgan fingerprint density at radius 2 is 2.32 bits per heavy atom. The van der Waals surface area contributed by atoms with Gasteiger partial charge in [-0.15, -0.1) is 11.3 Å². The Morgan fingerprint density at radius 3 is 3.05 bits per heavy atom. The first-order chi connectivity index (χ1) is 9.13. The number of halogens is 1. The molecule has 0 saturated carbocycles. The average molecular weight is 354 g/mol. The second-order valence-electron chi connectivity index (χ2n) is 4.35. The molecule has 0 spiro atoms. The van der Waals surface area contributed by atoms with Crippen LogP contribution >= 0.6 is 39.5 Å². The van der Waals surface area contributed by atoms with Crippen LogP contribution in [-0.2, 0) is 13.0 Å². The number of nitrogens with one attached hydrogen (secondary N) is 1. The quantitative estimate of drug-likeness (QED) is 0.704. The van der Waals surface area contributed by atoms with Gasteiger partial charge in [-0.1, -0.05) is 15.9 Å². The Balaban J connectivity index is 1.92. The van der Waals surface area contributed by atoms with Gasteiger partial charge in [0.2, 0.25) is 0 Å². The van der Waals surface area contributed by atoms with E-state index in [4.69, 9.17) is 12.2 Å². The van der Waals surface area contributed by atoms with Crippen molar-refractivity contribution in [3.05, 3.63) is 43.5 Å². The molecule has 1 aromatic carbocycles. The van der Waals surface area contributed by atoms with Crippen molar-refractivity contribution >= 4 is 50.5 Å². The van der Waals surface area contributed by atoms with Gasteiger partial charge in [0.1, 0.15) is 0 Å². The number of hydrogen-bond donors (Lipinski definition) is 1. The molecule has 6 heteroatoms. The zero-order valence-corrected chi connectivity index (χ0v) is 13.5. The molecule has 0 radical (unpaired) electrons. The highest BCUT2D eigenvalue weighted by molar-refractivity contribution is 9.10. The number of imidazole rings is 1. The molecule has 0 saturated heterocycles. The van der Waals surface area contributed by atoms with E-state index in [1.807, 2.05) is 13.0 Å². The topological polar surface area (TPSA) is 33.6 Å². The van der Waals surface area contributed by atoms with Crippen LogP contribution in [0.4, 0.5) is 0 Å². The third kappa shape index (κ3) is 2.66. The highest BCUT2D eigenvalue weighted by Crippen LogP contribution is 2.20. The number of benzene rings is 1. The van der Waals surface area contributed by atoms with E-state index in [2.05, 4.69) is 48.0 Å². The average Bonchev–Trinajstić information content (AvgIpc) is 2.89. The molecule has 3 rings (SSSR count). The molecule has 0 fully saturated rings. The molecule has 98 valence electrons. The monoisotopic (exact) mass is 353 g/mol. The van der Waals surface area contributed by atoms with Crippen molar-refractivity contribution in [2.45, 2.75) is 19.9 Å². The number of nitrogens with zero attached hydrogens (tertiary/aromatic N) is 2. The fraction of sp³-hybridized carbons (Fsp3) is 0.231. The second kappa shape index (κ2) is 5.19. The Bertz CT molecular complexity index is 785. The van der Waals surface area contributed by atoms with Gasteiger partial charge < -0.3 is 9.55 Å². The number of hydrogen-bond acceptors (Lipinski definition) is 3. The largest absolute Gasteiger partial charge is 0.331 e. The van der Waals surface area contributed by atoms with Crippen LogP contribution in [0.2, 0.25) is 0 Å². The normalized spacial score (nSPS) is 11.3. The molecule has 0 aliphatic carbocycles. The Morgan fingerprint density at radius 1 is 1.47 bits per heavy atom. The summed E-state index contributed by atoms with van der Waals surface area (Å²) in [6.45, 7) is 2.88. The number of aromatic nitrogens is 3. The summed E-state index contributed by atoms with van der Waals surface area (Å²) in [5.41, 5.74) is 3.34. The Hall–Kier alpha value is -0.980. The Kier molecular flexibility index (Phi) is 3.56. The summed E-state index contributed by atoms with van der Waals surface area (Å²) in [4.78, 5) is 7.73. The van der Waals surface area contributed by atoms with Crippen molar-refractivity contribution in [3.63, 3.8) is 0 Å². The molecule has 0 unspecified atom stereocenters. The van der Waals surface area contributed by atoms with Crippen LogP contribution < -0.4 is 0 Å². The zero-order chi connectivity index (χ0) is 13.4. The SMILES string of the molecule is Cc1nc(CCn2c(=S)[nH]c3cc(Br)ccc32)cs1. The minimum absolute atomic E-state index is 0.764. The molecule has 0 atom stereocenters. The number of fused-ring (bicyclic) bond motifs is 1. The van der Waals surface area contributed by atoms with Crippen molar-refractivity contribution in [2.24, 2.45) is 0 Å². The van der Waals surface area contributed by atoms with Crippen molar-refractivity contribution < 1.29 is 0 Å². The number of thiazole rings is 1. The van der Waals surface area contributed by atoms with Gasteiger partial charge in [-0.2, -0.15) is 0 Å². The van der Waals surface area contributed by atoms with Crippen molar-refractivity contribution in [1.82, 2.24) is 14.5 Å². The Labute approximate surface area is 128 Å². The van der Waals surface area contributed by atoms with Gasteiger partial charge in [0.05, 0.1) is 21.7 Å². The fourth-order valence-corrected chi connectivity index (χ4v) is 3.42. The summed E-state index contributed by atoms with van der Waals surface area (Å²) in [5.74, 6) is 0. The van der Waals surface area contributed by atoms with Gasteiger partial charge in [-0.05, 0) is 37.3 Å². The molecular weight excluding hydrogens is 342 g/mol. The molecule has 2 heterocycles. The van der Waals surface area contributed by atoms with E-state index in [9.17, 15) is 0 Å². The number of aryl methyl sites for hydroxylation is 3.